The Morgan fingerprint density at radius 2 is 1.77 bits per heavy atom. The topological polar surface area (TPSA) is 32.3 Å². The first-order valence-corrected chi connectivity index (χ1v) is 7.73. The Kier molecular flexibility index (Phi) is 3.23. The highest BCUT2D eigenvalue weighted by Crippen LogP contribution is 2.45. The van der Waals surface area contributed by atoms with Gasteiger partial charge in [-0.2, -0.15) is 0 Å². The van der Waals surface area contributed by atoms with Crippen LogP contribution in [0.2, 0.25) is 0 Å². The Balaban J connectivity index is 1.92. The summed E-state index contributed by atoms with van der Waals surface area (Å²) in [6.45, 7) is 0.0230. The standard InChI is InChI=1S/C19H18FNO/c20-14-9-7-12(8-10-14)18-15-3-1-2-4-17(15)21-19(13-5-6-13)16(18)11-22/h1-4,7-10,13,19,21-22H,5-6,11H2. The van der Waals surface area contributed by atoms with Gasteiger partial charge in [-0.05, 0) is 53.7 Å². The van der Waals surface area contributed by atoms with Crippen LogP contribution in [0.25, 0.3) is 5.57 Å². The van der Waals surface area contributed by atoms with E-state index in [0.29, 0.717) is 5.92 Å². The Bertz CT molecular complexity index is 731. The summed E-state index contributed by atoms with van der Waals surface area (Å²) < 4.78 is 13.3. The highest BCUT2D eigenvalue weighted by Gasteiger charge is 2.37. The second kappa shape index (κ2) is 5.25. The molecular weight excluding hydrogens is 277 g/mol. The van der Waals surface area contributed by atoms with E-state index in [4.69, 9.17) is 0 Å². The van der Waals surface area contributed by atoms with E-state index in [2.05, 4.69) is 17.4 Å². The first kappa shape index (κ1) is 13.5. The molecule has 112 valence electrons. The number of para-hydroxylation sites is 1. The summed E-state index contributed by atoms with van der Waals surface area (Å²) in [7, 11) is 0. The number of halogens is 1. The highest BCUT2D eigenvalue weighted by molar-refractivity contribution is 5.91. The van der Waals surface area contributed by atoms with Gasteiger partial charge in [0.25, 0.3) is 0 Å². The van der Waals surface area contributed by atoms with Gasteiger partial charge in [0.2, 0.25) is 0 Å². The lowest BCUT2D eigenvalue weighted by Crippen LogP contribution is -2.31. The van der Waals surface area contributed by atoms with Crippen molar-refractivity contribution in [2.45, 2.75) is 18.9 Å². The first-order chi connectivity index (χ1) is 10.8. The monoisotopic (exact) mass is 295 g/mol. The van der Waals surface area contributed by atoms with Gasteiger partial charge in [-0.15, -0.1) is 0 Å². The molecule has 0 aromatic heterocycles. The van der Waals surface area contributed by atoms with Gasteiger partial charge < -0.3 is 10.4 Å². The largest absolute Gasteiger partial charge is 0.392 e. The molecule has 2 aliphatic rings. The molecule has 22 heavy (non-hydrogen) atoms. The van der Waals surface area contributed by atoms with Crippen LogP contribution in [0.3, 0.4) is 0 Å². The van der Waals surface area contributed by atoms with E-state index in [1.807, 2.05) is 12.1 Å². The van der Waals surface area contributed by atoms with E-state index in [9.17, 15) is 9.50 Å². The van der Waals surface area contributed by atoms with E-state index >= 15 is 0 Å². The minimum atomic E-state index is -0.240. The Labute approximate surface area is 129 Å². The molecule has 0 spiro atoms. The number of aliphatic hydroxyl groups excluding tert-OH is 1. The zero-order valence-corrected chi connectivity index (χ0v) is 12.2. The summed E-state index contributed by atoms with van der Waals surface area (Å²) in [5.41, 5.74) is 5.21. The third-order valence-electron chi connectivity index (χ3n) is 4.60. The predicted octanol–water partition coefficient (Wildman–Crippen LogP) is 3.82. The zero-order chi connectivity index (χ0) is 15.1. The van der Waals surface area contributed by atoms with E-state index < -0.39 is 0 Å². The smallest absolute Gasteiger partial charge is 0.123 e. The minimum absolute atomic E-state index is 0.0230. The van der Waals surface area contributed by atoms with Crippen molar-refractivity contribution in [1.82, 2.24) is 0 Å². The number of fused-ring (bicyclic) bond motifs is 1. The number of aliphatic hydroxyl groups is 1. The first-order valence-electron chi connectivity index (χ1n) is 7.73. The van der Waals surface area contributed by atoms with Crippen LogP contribution in [0.5, 0.6) is 0 Å². The maximum Gasteiger partial charge on any atom is 0.123 e. The number of hydrogen-bond acceptors (Lipinski definition) is 2. The van der Waals surface area contributed by atoms with Crippen LogP contribution in [0, 0.1) is 11.7 Å². The molecule has 1 unspecified atom stereocenters. The van der Waals surface area contributed by atoms with Crippen molar-refractivity contribution in [1.29, 1.82) is 0 Å². The van der Waals surface area contributed by atoms with Gasteiger partial charge in [-0.3, -0.25) is 0 Å². The summed E-state index contributed by atoms with van der Waals surface area (Å²) >= 11 is 0. The minimum Gasteiger partial charge on any atom is -0.392 e. The lowest BCUT2D eigenvalue weighted by atomic mass is 9.84. The molecule has 4 rings (SSSR count). The van der Waals surface area contributed by atoms with Crippen LogP contribution in [0.4, 0.5) is 10.1 Å². The molecule has 2 aromatic carbocycles. The van der Waals surface area contributed by atoms with Crippen molar-refractivity contribution in [2.24, 2.45) is 5.92 Å². The van der Waals surface area contributed by atoms with Gasteiger partial charge >= 0.3 is 0 Å². The molecule has 3 heteroatoms. The van der Waals surface area contributed by atoms with E-state index in [-0.39, 0.29) is 18.5 Å². The fraction of sp³-hybridized carbons (Fsp3) is 0.263. The maximum absolute atomic E-state index is 13.3. The summed E-state index contributed by atoms with van der Waals surface area (Å²) in [4.78, 5) is 0. The molecule has 0 bridgehead atoms. The molecule has 1 aliphatic heterocycles. The van der Waals surface area contributed by atoms with Crippen LogP contribution in [-0.2, 0) is 0 Å². The molecule has 0 saturated heterocycles. The maximum atomic E-state index is 13.3. The Morgan fingerprint density at radius 3 is 2.45 bits per heavy atom. The molecule has 2 aromatic rings. The van der Waals surface area contributed by atoms with Crippen molar-refractivity contribution in [3.63, 3.8) is 0 Å². The van der Waals surface area contributed by atoms with Crippen LogP contribution in [-0.4, -0.2) is 17.8 Å². The molecule has 2 N–H and O–H groups in total. The normalized spacial score (nSPS) is 20.5. The lowest BCUT2D eigenvalue weighted by molar-refractivity contribution is 0.322. The van der Waals surface area contributed by atoms with E-state index in [0.717, 1.165) is 28.0 Å². The summed E-state index contributed by atoms with van der Waals surface area (Å²) in [5, 5.41) is 13.6. The highest BCUT2D eigenvalue weighted by atomic mass is 19.1. The molecular formula is C19H18FNO. The van der Waals surface area contributed by atoms with Gasteiger partial charge in [-0.1, -0.05) is 30.3 Å². The quantitative estimate of drug-likeness (QED) is 0.902. The molecule has 0 amide bonds. The second-order valence-electron chi connectivity index (χ2n) is 6.07. The summed E-state index contributed by atoms with van der Waals surface area (Å²) in [6, 6.07) is 14.9. The van der Waals surface area contributed by atoms with Crippen molar-refractivity contribution in [3.8, 4) is 0 Å². The van der Waals surface area contributed by atoms with Gasteiger partial charge in [0.05, 0.1) is 12.6 Å². The molecule has 1 heterocycles. The Hall–Kier alpha value is -2.13. The van der Waals surface area contributed by atoms with Crippen molar-refractivity contribution in [3.05, 3.63) is 71.0 Å². The van der Waals surface area contributed by atoms with Gasteiger partial charge in [-0.25, -0.2) is 4.39 Å². The predicted molar refractivity (Wildman–Crippen MR) is 86.1 cm³/mol. The number of benzene rings is 2. The molecule has 1 saturated carbocycles. The van der Waals surface area contributed by atoms with E-state index in [1.54, 1.807) is 12.1 Å². The average molecular weight is 295 g/mol. The fourth-order valence-corrected chi connectivity index (χ4v) is 3.38. The van der Waals surface area contributed by atoms with Gasteiger partial charge in [0, 0.05) is 11.3 Å². The van der Waals surface area contributed by atoms with Crippen LogP contribution in [0.1, 0.15) is 24.0 Å². The fourth-order valence-electron chi connectivity index (χ4n) is 3.38. The molecule has 1 aliphatic carbocycles. The third kappa shape index (κ3) is 2.22. The number of anilines is 1. The van der Waals surface area contributed by atoms with Crippen LogP contribution >= 0.6 is 0 Å². The van der Waals surface area contributed by atoms with Gasteiger partial charge in [0.15, 0.2) is 0 Å². The van der Waals surface area contributed by atoms with Crippen molar-refractivity contribution in [2.75, 3.05) is 11.9 Å². The summed E-state index contributed by atoms with van der Waals surface area (Å²) in [5.74, 6) is 0.349. The lowest BCUT2D eigenvalue weighted by Gasteiger charge is -2.32. The zero-order valence-electron chi connectivity index (χ0n) is 12.2. The van der Waals surface area contributed by atoms with Crippen molar-refractivity contribution < 1.29 is 9.50 Å². The number of rotatable bonds is 3. The van der Waals surface area contributed by atoms with Crippen molar-refractivity contribution >= 4 is 11.3 Å². The SMILES string of the molecule is OCC1=C(c2ccc(F)cc2)c2ccccc2NC1C1CC1. The molecule has 1 atom stereocenters. The third-order valence-corrected chi connectivity index (χ3v) is 4.60. The number of nitrogens with one attached hydrogen (secondary N) is 1. The number of hydrogen-bond donors (Lipinski definition) is 2. The van der Waals surface area contributed by atoms with Gasteiger partial charge in [0.1, 0.15) is 5.82 Å². The van der Waals surface area contributed by atoms with Crippen LogP contribution in [0.15, 0.2) is 54.1 Å². The average Bonchev–Trinajstić information content (AvgIpc) is 3.39. The molecule has 1 fully saturated rings. The Morgan fingerprint density at radius 1 is 1.05 bits per heavy atom. The van der Waals surface area contributed by atoms with E-state index in [1.165, 1.54) is 25.0 Å². The second-order valence-corrected chi connectivity index (χ2v) is 6.07. The summed E-state index contributed by atoms with van der Waals surface area (Å²) in [6.07, 6.45) is 2.39. The molecule has 0 radical (unpaired) electrons. The van der Waals surface area contributed by atoms with Crippen LogP contribution < -0.4 is 5.32 Å². The molecule has 2 nitrogen and oxygen atoms in total.